The Labute approximate surface area is 167 Å². The molecule has 29 heavy (non-hydrogen) atoms. The number of nitrogens with zero attached hydrogens (tertiary/aromatic N) is 3. The molecule has 7 heteroatoms. The van der Waals surface area contributed by atoms with Crippen molar-refractivity contribution in [2.24, 2.45) is 0 Å². The second kappa shape index (κ2) is 7.71. The standard InChI is InChI=1S/C22H21N5O2/c1-14-13-23-9-8-18(14)22(29)25-19(16-6-4-3-5-7-16)11-17-12-21(28)27-20(24-17)10-15(2)26-27/h3-10,12-13,19,26H,11H2,1-2H3,(H,25,29)/t19-/m0/s1. The molecule has 0 aliphatic carbocycles. The molecule has 7 nitrogen and oxygen atoms in total. The number of amides is 1. The third kappa shape index (κ3) is 3.94. The van der Waals surface area contributed by atoms with Crippen LogP contribution in [-0.4, -0.2) is 25.5 Å². The van der Waals surface area contributed by atoms with E-state index in [9.17, 15) is 9.59 Å². The Bertz CT molecular complexity index is 1230. The molecule has 0 aliphatic heterocycles. The third-order valence-electron chi connectivity index (χ3n) is 4.82. The molecule has 0 saturated heterocycles. The Morgan fingerprint density at radius 3 is 2.72 bits per heavy atom. The number of pyridine rings is 1. The largest absolute Gasteiger partial charge is 0.345 e. The van der Waals surface area contributed by atoms with Gasteiger partial charge in [-0.3, -0.25) is 19.7 Å². The van der Waals surface area contributed by atoms with Crippen molar-refractivity contribution >= 4 is 11.6 Å². The third-order valence-corrected chi connectivity index (χ3v) is 4.82. The maximum Gasteiger partial charge on any atom is 0.272 e. The van der Waals surface area contributed by atoms with Gasteiger partial charge in [0.05, 0.1) is 11.7 Å². The Kier molecular flexibility index (Phi) is 4.95. The summed E-state index contributed by atoms with van der Waals surface area (Å²) in [5.74, 6) is -0.186. The predicted octanol–water partition coefficient (Wildman–Crippen LogP) is 2.75. The summed E-state index contributed by atoms with van der Waals surface area (Å²) in [4.78, 5) is 33.9. The maximum atomic E-state index is 12.9. The Morgan fingerprint density at radius 2 is 1.97 bits per heavy atom. The SMILES string of the molecule is Cc1cc2nc(C[C@H](NC(=O)c3ccncc3C)c3ccccc3)cc(=O)n2[nH]1. The van der Waals surface area contributed by atoms with Gasteiger partial charge in [-0.25, -0.2) is 9.50 Å². The minimum Gasteiger partial charge on any atom is -0.345 e. The Hall–Kier alpha value is -3.74. The van der Waals surface area contributed by atoms with Crippen molar-refractivity contribution in [2.45, 2.75) is 26.3 Å². The van der Waals surface area contributed by atoms with E-state index in [1.165, 1.54) is 10.6 Å². The van der Waals surface area contributed by atoms with Gasteiger partial charge in [0.1, 0.15) is 0 Å². The Balaban J connectivity index is 1.67. The molecule has 1 atom stereocenters. The van der Waals surface area contributed by atoms with Crippen molar-refractivity contribution < 1.29 is 4.79 Å². The monoisotopic (exact) mass is 387 g/mol. The lowest BCUT2D eigenvalue weighted by atomic mass is 10.0. The molecule has 3 heterocycles. The number of hydrogen-bond acceptors (Lipinski definition) is 4. The van der Waals surface area contributed by atoms with E-state index in [0.717, 1.165) is 16.8 Å². The molecule has 0 spiro atoms. The molecule has 0 fully saturated rings. The number of benzene rings is 1. The smallest absolute Gasteiger partial charge is 0.272 e. The summed E-state index contributed by atoms with van der Waals surface area (Å²) in [6.07, 6.45) is 3.66. The predicted molar refractivity (Wildman–Crippen MR) is 110 cm³/mol. The lowest BCUT2D eigenvalue weighted by Gasteiger charge is -2.19. The summed E-state index contributed by atoms with van der Waals surface area (Å²) in [6.45, 7) is 3.72. The fourth-order valence-electron chi connectivity index (χ4n) is 3.38. The average molecular weight is 387 g/mol. The maximum absolute atomic E-state index is 12.9. The second-order valence-electron chi connectivity index (χ2n) is 7.05. The van der Waals surface area contributed by atoms with Crippen LogP contribution < -0.4 is 10.9 Å². The van der Waals surface area contributed by atoms with Crippen LogP contribution in [0.3, 0.4) is 0 Å². The summed E-state index contributed by atoms with van der Waals surface area (Å²) in [7, 11) is 0. The molecular formula is C22H21N5O2. The van der Waals surface area contributed by atoms with Gasteiger partial charge in [0.15, 0.2) is 5.65 Å². The van der Waals surface area contributed by atoms with Crippen LogP contribution in [0.5, 0.6) is 0 Å². The highest BCUT2D eigenvalue weighted by Crippen LogP contribution is 2.19. The van der Waals surface area contributed by atoms with Crippen LogP contribution in [0.2, 0.25) is 0 Å². The number of aryl methyl sites for hydroxylation is 2. The van der Waals surface area contributed by atoms with Crippen LogP contribution in [0, 0.1) is 13.8 Å². The van der Waals surface area contributed by atoms with Crippen molar-refractivity contribution in [1.82, 2.24) is 24.9 Å². The molecule has 1 amide bonds. The molecule has 0 unspecified atom stereocenters. The summed E-state index contributed by atoms with van der Waals surface area (Å²) in [5.41, 5.74) is 4.18. The van der Waals surface area contributed by atoms with Gasteiger partial charge in [0, 0.05) is 42.2 Å². The Morgan fingerprint density at radius 1 is 1.17 bits per heavy atom. The molecule has 4 rings (SSSR count). The van der Waals surface area contributed by atoms with Crippen LogP contribution in [-0.2, 0) is 6.42 Å². The zero-order valence-corrected chi connectivity index (χ0v) is 16.2. The molecule has 3 aromatic heterocycles. The van der Waals surface area contributed by atoms with E-state index in [1.807, 2.05) is 50.2 Å². The molecule has 0 radical (unpaired) electrons. The topological polar surface area (TPSA) is 92.2 Å². The second-order valence-corrected chi connectivity index (χ2v) is 7.05. The highest BCUT2D eigenvalue weighted by molar-refractivity contribution is 5.95. The number of carbonyl (C=O) groups is 1. The number of rotatable bonds is 5. The van der Waals surface area contributed by atoms with E-state index >= 15 is 0 Å². The normalized spacial score (nSPS) is 12.1. The molecular weight excluding hydrogens is 366 g/mol. The quantitative estimate of drug-likeness (QED) is 0.551. The van der Waals surface area contributed by atoms with Gasteiger partial charge in [0.25, 0.3) is 11.5 Å². The van der Waals surface area contributed by atoms with Crippen LogP contribution >= 0.6 is 0 Å². The highest BCUT2D eigenvalue weighted by atomic mass is 16.1. The van der Waals surface area contributed by atoms with Crippen LogP contribution in [0.25, 0.3) is 5.65 Å². The molecule has 1 aromatic carbocycles. The number of aromatic amines is 1. The lowest BCUT2D eigenvalue weighted by Crippen LogP contribution is -2.31. The van der Waals surface area contributed by atoms with E-state index in [4.69, 9.17) is 0 Å². The van der Waals surface area contributed by atoms with Crippen LogP contribution in [0.4, 0.5) is 0 Å². The molecule has 0 aliphatic rings. The van der Waals surface area contributed by atoms with Crippen molar-refractivity contribution in [3.63, 3.8) is 0 Å². The first-order chi connectivity index (χ1) is 14.0. The van der Waals surface area contributed by atoms with Gasteiger partial charge in [-0.2, -0.15) is 0 Å². The summed E-state index contributed by atoms with van der Waals surface area (Å²) < 4.78 is 1.41. The van der Waals surface area contributed by atoms with Gasteiger partial charge in [0.2, 0.25) is 0 Å². The van der Waals surface area contributed by atoms with E-state index in [0.29, 0.717) is 23.3 Å². The number of carbonyl (C=O) groups excluding carboxylic acids is 1. The molecule has 146 valence electrons. The van der Waals surface area contributed by atoms with Crippen molar-refractivity contribution in [1.29, 1.82) is 0 Å². The fraction of sp³-hybridized carbons (Fsp3) is 0.182. The van der Waals surface area contributed by atoms with E-state index < -0.39 is 0 Å². The first-order valence-corrected chi connectivity index (χ1v) is 9.36. The number of nitrogens with one attached hydrogen (secondary N) is 2. The van der Waals surface area contributed by atoms with E-state index in [-0.39, 0.29) is 17.5 Å². The van der Waals surface area contributed by atoms with Crippen LogP contribution in [0.1, 0.15) is 38.9 Å². The zero-order chi connectivity index (χ0) is 20.4. The van der Waals surface area contributed by atoms with Gasteiger partial charge >= 0.3 is 0 Å². The first-order valence-electron chi connectivity index (χ1n) is 9.36. The number of hydrogen-bond donors (Lipinski definition) is 2. The molecule has 2 N–H and O–H groups in total. The minimum absolute atomic E-state index is 0.179. The van der Waals surface area contributed by atoms with Crippen molar-refractivity contribution in [2.75, 3.05) is 0 Å². The van der Waals surface area contributed by atoms with Gasteiger partial charge < -0.3 is 5.32 Å². The lowest BCUT2D eigenvalue weighted by molar-refractivity contribution is 0.0935. The van der Waals surface area contributed by atoms with Crippen molar-refractivity contribution in [3.05, 3.63) is 99.4 Å². The molecule has 0 bridgehead atoms. The molecule has 4 aromatic rings. The van der Waals surface area contributed by atoms with Gasteiger partial charge in [-0.05, 0) is 31.0 Å². The van der Waals surface area contributed by atoms with Gasteiger partial charge in [-0.1, -0.05) is 30.3 Å². The zero-order valence-electron chi connectivity index (χ0n) is 16.2. The van der Waals surface area contributed by atoms with E-state index in [1.54, 1.807) is 18.5 Å². The summed E-state index contributed by atoms with van der Waals surface area (Å²) in [5, 5.41) is 6.05. The van der Waals surface area contributed by atoms with Gasteiger partial charge in [-0.15, -0.1) is 0 Å². The summed E-state index contributed by atoms with van der Waals surface area (Å²) in [6, 6.07) is 14.4. The molecule has 0 saturated carbocycles. The highest BCUT2D eigenvalue weighted by Gasteiger charge is 2.19. The first kappa shape index (κ1) is 18.6. The fourth-order valence-corrected chi connectivity index (χ4v) is 3.38. The average Bonchev–Trinajstić information content (AvgIpc) is 3.09. The number of fused-ring (bicyclic) bond motifs is 1. The number of H-pyrrole nitrogens is 1. The van der Waals surface area contributed by atoms with Crippen molar-refractivity contribution in [3.8, 4) is 0 Å². The van der Waals surface area contributed by atoms with Crippen LogP contribution in [0.15, 0.2) is 65.7 Å². The minimum atomic E-state index is -0.328. The summed E-state index contributed by atoms with van der Waals surface area (Å²) >= 11 is 0. The number of aromatic nitrogens is 4. The van der Waals surface area contributed by atoms with E-state index in [2.05, 4.69) is 20.4 Å².